The van der Waals surface area contributed by atoms with Crippen LogP contribution >= 0.6 is 11.3 Å². The molecule has 0 saturated heterocycles. The molecule has 0 bridgehead atoms. The lowest BCUT2D eigenvalue weighted by Gasteiger charge is -2.04. The molecule has 3 N–H and O–H groups in total. The van der Waals surface area contributed by atoms with E-state index in [0.717, 1.165) is 16.9 Å². The smallest absolute Gasteiger partial charge is 0.131 e. The standard InChI is InChI=1S/C14H11FN4S/c15-10-3-1-2-9(6-10)4-5-19-14-11(7-16)13(18)12(8-17)20-14/h1-3,6,19H,4-5,18H2. The quantitative estimate of drug-likeness (QED) is 0.905. The predicted molar refractivity (Wildman–Crippen MR) is 76.8 cm³/mol. The van der Waals surface area contributed by atoms with Crippen molar-refractivity contribution in [2.45, 2.75) is 6.42 Å². The summed E-state index contributed by atoms with van der Waals surface area (Å²) in [6.45, 7) is 0.531. The highest BCUT2D eigenvalue weighted by Gasteiger charge is 2.15. The van der Waals surface area contributed by atoms with Gasteiger partial charge in [-0.3, -0.25) is 0 Å². The van der Waals surface area contributed by atoms with Crippen LogP contribution in [0.3, 0.4) is 0 Å². The molecule has 0 aliphatic carbocycles. The van der Waals surface area contributed by atoms with Crippen molar-refractivity contribution in [2.24, 2.45) is 0 Å². The summed E-state index contributed by atoms with van der Waals surface area (Å²) in [4.78, 5) is 0.329. The van der Waals surface area contributed by atoms with Gasteiger partial charge < -0.3 is 11.1 Å². The summed E-state index contributed by atoms with van der Waals surface area (Å²) in [7, 11) is 0. The number of thiophene rings is 1. The number of nitrogens with one attached hydrogen (secondary N) is 1. The Kier molecular flexibility index (Phi) is 4.19. The second kappa shape index (κ2) is 6.05. The van der Waals surface area contributed by atoms with E-state index >= 15 is 0 Å². The molecular formula is C14H11FN4S. The second-order valence-corrected chi connectivity index (χ2v) is 5.10. The Balaban J connectivity index is 2.05. The number of anilines is 2. The molecule has 1 heterocycles. The van der Waals surface area contributed by atoms with Crippen LogP contribution in [-0.4, -0.2) is 6.54 Å². The van der Waals surface area contributed by atoms with Gasteiger partial charge in [-0.25, -0.2) is 4.39 Å². The van der Waals surface area contributed by atoms with Gasteiger partial charge in [-0.2, -0.15) is 10.5 Å². The average Bonchev–Trinajstić information content (AvgIpc) is 2.74. The minimum absolute atomic E-state index is 0.216. The van der Waals surface area contributed by atoms with Crippen molar-refractivity contribution in [3.63, 3.8) is 0 Å². The highest BCUT2D eigenvalue weighted by Crippen LogP contribution is 2.34. The molecule has 20 heavy (non-hydrogen) atoms. The van der Waals surface area contributed by atoms with Gasteiger partial charge in [0, 0.05) is 6.54 Å². The molecule has 1 aromatic heterocycles. The number of hydrogen-bond acceptors (Lipinski definition) is 5. The molecule has 2 rings (SSSR count). The Morgan fingerprint density at radius 1 is 1.30 bits per heavy atom. The zero-order chi connectivity index (χ0) is 14.5. The summed E-state index contributed by atoms with van der Waals surface area (Å²) in [6.07, 6.45) is 0.613. The maximum absolute atomic E-state index is 13.0. The number of nitriles is 2. The van der Waals surface area contributed by atoms with Crippen LogP contribution in [0.25, 0.3) is 0 Å². The van der Waals surface area contributed by atoms with E-state index in [9.17, 15) is 4.39 Å². The number of nitrogens with two attached hydrogens (primary N) is 1. The van der Waals surface area contributed by atoms with E-state index in [4.69, 9.17) is 16.3 Å². The van der Waals surface area contributed by atoms with E-state index in [2.05, 4.69) is 5.32 Å². The third-order valence-electron chi connectivity index (χ3n) is 2.75. The molecule has 4 nitrogen and oxygen atoms in total. The normalized spacial score (nSPS) is 9.75. The van der Waals surface area contributed by atoms with E-state index < -0.39 is 0 Å². The first-order chi connectivity index (χ1) is 9.65. The summed E-state index contributed by atoms with van der Waals surface area (Å²) < 4.78 is 13.0. The lowest BCUT2D eigenvalue weighted by Crippen LogP contribution is -2.05. The summed E-state index contributed by atoms with van der Waals surface area (Å²) in [6, 6.07) is 10.3. The number of halogens is 1. The Morgan fingerprint density at radius 2 is 2.10 bits per heavy atom. The van der Waals surface area contributed by atoms with Crippen LogP contribution in [0, 0.1) is 28.5 Å². The van der Waals surface area contributed by atoms with Crippen LogP contribution in [0.15, 0.2) is 24.3 Å². The number of rotatable bonds is 4. The monoisotopic (exact) mass is 286 g/mol. The van der Waals surface area contributed by atoms with Gasteiger partial charge in [-0.15, -0.1) is 11.3 Å². The first-order valence-electron chi connectivity index (χ1n) is 5.86. The molecule has 0 amide bonds. The largest absolute Gasteiger partial charge is 0.396 e. The Labute approximate surface area is 119 Å². The molecule has 0 aliphatic rings. The molecular weight excluding hydrogens is 275 g/mol. The third kappa shape index (κ3) is 2.87. The van der Waals surface area contributed by atoms with E-state index in [-0.39, 0.29) is 11.5 Å². The molecule has 6 heteroatoms. The van der Waals surface area contributed by atoms with Crippen molar-refractivity contribution in [3.8, 4) is 12.1 Å². The van der Waals surface area contributed by atoms with Crippen LogP contribution in [-0.2, 0) is 6.42 Å². The molecule has 1 aromatic carbocycles. The third-order valence-corrected chi connectivity index (χ3v) is 3.81. The maximum Gasteiger partial charge on any atom is 0.131 e. The molecule has 0 radical (unpaired) electrons. The minimum Gasteiger partial charge on any atom is -0.396 e. The van der Waals surface area contributed by atoms with Gasteiger partial charge in [0.1, 0.15) is 33.4 Å². The lowest BCUT2D eigenvalue weighted by molar-refractivity contribution is 0.625. The number of hydrogen-bond donors (Lipinski definition) is 2. The molecule has 0 unspecified atom stereocenters. The number of nitrogen functional groups attached to an aromatic ring is 1. The fraction of sp³-hybridized carbons (Fsp3) is 0.143. The van der Waals surface area contributed by atoms with Crippen molar-refractivity contribution in [1.29, 1.82) is 10.5 Å². The lowest BCUT2D eigenvalue weighted by atomic mass is 10.1. The van der Waals surface area contributed by atoms with Gasteiger partial charge in [-0.1, -0.05) is 12.1 Å². The first kappa shape index (κ1) is 13.9. The average molecular weight is 286 g/mol. The van der Waals surface area contributed by atoms with Crippen LogP contribution in [0.4, 0.5) is 15.1 Å². The molecule has 2 aromatic rings. The van der Waals surface area contributed by atoms with Crippen molar-refractivity contribution in [2.75, 3.05) is 17.6 Å². The minimum atomic E-state index is -0.271. The molecule has 0 fully saturated rings. The first-order valence-corrected chi connectivity index (χ1v) is 6.68. The van der Waals surface area contributed by atoms with Gasteiger partial charge in [0.05, 0.1) is 5.69 Å². The van der Waals surface area contributed by atoms with Gasteiger partial charge in [0.2, 0.25) is 0 Å². The van der Waals surface area contributed by atoms with Crippen LogP contribution < -0.4 is 11.1 Å². The number of nitrogens with zero attached hydrogens (tertiary/aromatic N) is 2. The molecule has 0 spiro atoms. The Hall–Kier alpha value is -2.57. The summed E-state index contributed by atoms with van der Waals surface area (Å²) in [5.74, 6) is -0.271. The van der Waals surface area contributed by atoms with Crippen LogP contribution in [0.5, 0.6) is 0 Å². The van der Waals surface area contributed by atoms with Gasteiger partial charge >= 0.3 is 0 Å². The van der Waals surface area contributed by atoms with Crippen molar-refractivity contribution < 1.29 is 4.39 Å². The maximum atomic E-state index is 13.0. The Bertz CT molecular complexity index is 709. The van der Waals surface area contributed by atoms with Gasteiger partial charge in [-0.05, 0) is 24.1 Å². The molecule has 0 saturated carbocycles. The van der Waals surface area contributed by atoms with E-state index in [1.807, 2.05) is 18.2 Å². The zero-order valence-corrected chi connectivity index (χ0v) is 11.3. The SMILES string of the molecule is N#Cc1sc(NCCc2cccc(F)c2)c(C#N)c1N. The van der Waals surface area contributed by atoms with E-state index in [1.165, 1.54) is 12.1 Å². The number of benzene rings is 1. The summed E-state index contributed by atoms with van der Waals surface area (Å²) in [5, 5.41) is 21.6. The van der Waals surface area contributed by atoms with Gasteiger partial charge in [0.15, 0.2) is 0 Å². The molecule has 0 aliphatic heterocycles. The fourth-order valence-corrected chi connectivity index (χ4v) is 2.67. The zero-order valence-electron chi connectivity index (χ0n) is 10.5. The van der Waals surface area contributed by atoms with Crippen LogP contribution in [0.1, 0.15) is 16.0 Å². The second-order valence-electron chi connectivity index (χ2n) is 4.08. The summed E-state index contributed by atoms with van der Waals surface area (Å²) >= 11 is 1.16. The predicted octanol–water partition coefficient (Wildman–Crippen LogP) is 2.87. The highest BCUT2D eigenvalue weighted by atomic mass is 32.1. The van der Waals surface area contributed by atoms with Crippen molar-refractivity contribution in [3.05, 3.63) is 46.1 Å². The molecule has 100 valence electrons. The van der Waals surface area contributed by atoms with E-state index in [0.29, 0.717) is 28.4 Å². The topological polar surface area (TPSA) is 85.6 Å². The van der Waals surface area contributed by atoms with Crippen molar-refractivity contribution >= 4 is 22.0 Å². The van der Waals surface area contributed by atoms with Gasteiger partial charge in [0.25, 0.3) is 0 Å². The summed E-state index contributed by atoms with van der Waals surface area (Å²) in [5.41, 5.74) is 7.08. The molecule has 0 atom stereocenters. The van der Waals surface area contributed by atoms with Crippen LogP contribution in [0.2, 0.25) is 0 Å². The fourth-order valence-electron chi connectivity index (χ4n) is 1.78. The van der Waals surface area contributed by atoms with Crippen molar-refractivity contribution in [1.82, 2.24) is 0 Å². The Morgan fingerprint density at radius 3 is 2.75 bits per heavy atom. The van der Waals surface area contributed by atoms with E-state index in [1.54, 1.807) is 6.07 Å². The highest BCUT2D eigenvalue weighted by molar-refractivity contribution is 7.17.